The molecule has 0 amide bonds. The van der Waals surface area contributed by atoms with Gasteiger partial charge in [-0.2, -0.15) is 13.2 Å². The van der Waals surface area contributed by atoms with Gasteiger partial charge in [0.05, 0.1) is 11.8 Å². The molecule has 3 atom stereocenters. The van der Waals surface area contributed by atoms with Crippen molar-refractivity contribution in [3.05, 3.63) is 0 Å². The van der Waals surface area contributed by atoms with Gasteiger partial charge in [0.2, 0.25) is 0 Å². The van der Waals surface area contributed by atoms with Crippen LogP contribution in [0.2, 0.25) is 0 Å². The second kappa shape index (κ2) is 6.36. The molecule has 20 heavy (non-hydrogen) atoms. The van der Waals surface area contributed by atoms with Crippen LogP contribution in [0.1, 0.15) is 25.7 Å². The summed E-state index contributed by atoms with van der Waals surface area (Å²) in [4.78, 5) is 22.5. The van der Waals surface area contributed by atoms with E-state index < -0.39 is 42.5 Å². The molecule has 0 aromatic rings. The van der Waals surface area contributed by atoms with E-state index in [1.54, 1.807) is 0 Å². The summed E-state index contributed by atoms with van der Waals surface area (Å²) < 4.78 is 65.2. The Morgan fingerprint density at radius 1 is 1.10 bits per heavy atom. The van der Waals surface area contributed by atoms with Crippen LogP contribution in [0.4, 0.5) is 22.0 Å². The highest BCUT2D eigenvalue weighted by atomic mass is 19.4. The molecule has 1 saturated carbocycles. The van der Waals surface area contributed by atoms with E-state index in [0.29, 0.717) is 12.8 Å². The highest BCUT2D eigenvalue weighted by Crippen LogP contribution is 2.34. The summed E-state index contributed by atoms with van der Waals surface area (Å²) in [5, 5.41) is 8.88. The molecule has 1 aliphatic carbocycles. The van der Waals surface area contributed by atoms with Crippen molar-refractivity contribution in [2.45, 2.75) is 44.4 Å². The van der Waals surface area contributed by atoms with Crippen LogP contribution in [0, 0.1) is 11.8 Å². The Labute approximate surface area is 110 Å². The van der Waals surface area contributed by atoms with Gasteiger partial charge in [-0.05, 0) is 12.8 Å². The number of hydrogen-bond acceptors (Lipinski definition) is 3. The van der Waals surface area contributed by atoms with E-state index in [9.17, 15) is 31.5 Å². The average Bonchev–Trinajstić information content (AvgIpc) is 2.33. The van der Waals surface area contributed by atoms with E-state index in [0.717, 1.165) is 0 Å². The van der Waals surface area contributed by atoms with Crippen LogP contribution in [0.5, 0.6) is 0 Å². The standard InChI is InChI=1S/C11H13F5O4/c12-8(13)7(11(14,15)16)20-10(19)6-4-2-1-3-5(6)9(17)18/h5-8H,1-4H2,(H,17,18). The minimum Gasteiger partial charge on any atom is -0.481 e. The molecule has 0 aromatic heterocycles. The fraction of sp³-hybridized carbons (Fsp3) is 0.818. The van der Waals surface area contributed by atoms with Gasteiger partial charge in [0.15, 0.2) is 0 Å². The number of carboxylic acid groups (broad SMARTS) is 1. The van der Waals surface area contributed by atoms with Gasteiger partial charge in [-0.15, -0.1) is 0 Å². The number of alkyl halides is 5. The number of carboxylic acids is 1. The summed E-state index contributed by atoms with van der Waals surface area (Å²) in [5.74, 6) is -5.38. The van der Waals surface area contributed by atoms with Crippen LogP contribution in [-0.2, 0) is 14.3 Å². The van der Waals surface area contributed by atoms with E-state index in [4.69, 9.17) is 5.11 Å². The van der Waals surface area contributed by atoms with Crippen LogP contribution in [0.15, 0.2) is 0 Å². The van der Waals surface area contributed by atoms with Crippen molar-refractivity contribution in [1.29, 1.82) is 0 Å². The van der Waals surface area contributed by atoms with Crippen molar-refractivity contribution in [2.24, 2.45) is 11.8 Å². The third kappa shape index (κ3) is 4.04. The monoisotopic (exact) mass is 304 g/mol. The third-order valence-corrected chi connectivity index (χ3v) is 3.18. The Bertz CT molecular complexity index is 368. The number of carbonyl (C=O) groups excluding carboxylic acids is 1. The number of aliphatic carboxylic acids is 1. The maximum atomic E-state index is 12.3. The summed E-state index contributed by atoms with van der Waals surface area (Å²) in [6.07, 6.45) is -11.7. The summed E-state index contributed by atoms with van der Waals surface area (Å²) in [5.41, 5.74) is 0. The Morgan fingerprint density at radius 2 is 1.60 bits per heavy atom. The SMILES string of the molecule is O=C(O)C1CCCCC1C(=O)OC(C(F)F)C(F)(F)F. The zero-order chi connectivity index (χ0) is 15.5. The Hall–Kier alpha value is -1.41. The van der Waals surface area contributed by atoms with Gasteiger partial charge in [-0.25, -0.2) is 8.78 Å². The number of carbonyl (C=O) groups is 2. The molecule has 1 aliphatic rings. The van der Waals surface area contributed by atoms with Gasteiger partial charge in [-0.1, -0.05) is 12.8 Å². The first kappa shape index (κ1) is 16.6. The van der Waals surface area contributed by atoms with Gasteiger partial charge in [-0.3, -0.25) is 9.59 Å². The average molecular weight is 304 g/mol. The predicted octanol–water partition coefficient (Wildman–Crippen LogP) is 2.62. The first-order valence-electron chi connectivity index (χ1n) is 5.92. The van der Waals surface area contributed by atoms with Crippen LogP contribution < -0.4 is 0 Å². The molecule has 0 heterocycles. The normalized spacial score (nSPS) is 25.3. The van der Waals surface area contributed by atoms with E-state index in [1.165, 1.54) is 0 Å². The van der Waals surface area contributed by atoms with Crippen molar-refractivity contribution in [1.82, 2.24) is 0 Å². The zero-order valence-electron chi connectivity index (χ0n) is 10.2. The molecule has 116 valence electrons. The second-order valence-electron chi connectivity index (χ2n) is 4.57. The van der Waals surface area contributed by atoms with Gasteiger partial charge in [0.1, 0.15) is 0 Å². The van der Waals surface area contributed by atoms with E-state index in [-0.39, 0.29) is 12.8 Å². The van der Waals surface area contributed by atoms with Crippen LogP contribution in [-0.4, -0.2) is 35.8 Å². The highest BCUT2D eigenvalue weighted by molar-refractivity contribution is 5.81. The molecular formula is C11H13F5O4. The van der Waals surface area contributed by atoms with Crippen molar-refractivity contribution in [3.8, 4) is 0 Å². The number of hydrogen-bond donors (Lipinski definition) is 1. The van der Waals surface area contributed by atoms with Crippen molar-refractivity contribution < 1.29 is 41.4 Å². The van der Waals surface area contributed by atoms with E-state index in [2.05, 4.69) is 4.74 Å². The third-order valence-electron chi connectivity index (χ3n) is 3.18. The van der Waals surface area contributed by atoms with Gasteiger partial charge >= 0.3 is 18.1 Å². The van der Waals surface area contributed by atoms with Crippen molar-refractivity contribution in [2.75, 3.05) is 0 Å². The minimum absolute atomic E-state index is 0.0175. The fourth-order valence-electron chi connectivity index (χ4n) is 2.18. The molecule has 1 fully saturated rings. The Kier molecular flexibility index (Phi) is 5.29. The highest BCUT2D eigenvalue weighted by Gasteiger charge is 2.50. The topological polar surface area (TPSA) is 63.6 Å². The molecule has 0 bridgehead atoms. The summed E-state index contributed by atoms with van der Waals surface area (Å²) in [6, 6.07) is 0. The van der Waals surface area contributed by atoms with E-state index in [1.807, 2.05) is 0 Å². The lowest BCUT2D eigenvalue weighted by atomic mass is 9.79. The molecule has 0 aromatic carbocycles. The van der Waals surface area contributed by atoms with Crippen molar-refractivity contribution >= 4 is 11.9 Å². The second-order valence-corrected chi connectivity index (χ2v) is 4.57. The lowest BCUT2D eigenvalue weighted by Gasteiger charge is -2.29. The summed E-state index contributed by atoms with van der Waals surface area (Å²) in [7, 11) is 0. The van der Waals surface area contributed by atoms with E-state index >= 15 is 0 Å². The molecule has 0 radical (unpaired) electrons. The zero-order valence-corrected chi connectivity index (χ0v) is 10.2. The first-order chi connectivity index (χ1) is 9.14. The lowest BCUT2D eigenvalue weighted by molar-refractivity contribution is -0.251. The first-order valence-corrected chi connectivity index (χ1v) is 5.92. The maximum absolute atomic E-state index is 12.3. The molecule has 3 unspecified atom stereocenters. The van der Waals surface area contributed by atoms with Gasteiger partial charge < -0.3 is 9.84 Å². The van der Waals surface area contributed by atoms with Crippen LogP contribution >= 0.6 is 0 Å². The Morgan fingerprint density at radius 3 is 2.00 bits per heavy atom. The molecule has 0 aliphatic heterocycles. The minimum atomic E-state index is -5.39. The number of halogens is 5. The smallest absolute Gasteiger partial charge is 0.431 e. The number of rotatable bonds is 4. The molecule has 0 saturated heterocycles. The molecule has 4 nitrogen and oxygen atoms in total. The lowest BCUT2D eigenvalue weighted by Crippen LogP contribution is -2.43. The molecule has 0 spiro atoms. The number of ether oxygens (including phenoxy) is 1. The molecular weight excluding hydrogens is 291 g/mol. The maximum Gasteiger partial charge on any atom is 0.431 e. The quantitative estimate of drug-likeness (QED) is 0.640. The fourth-order valence-corrected chi connectivity index (χ4v) is 2.18. The van der Waals surface area contributed by atoms with Crippen LogP contribution in [0.3, 0.4) is 0 Å². The summed E-state index contributed by atoms with van der Waals surface area (Å²) in [6.45, 7) is 0. The largest absolute Gasteiger partial charge is 0.481 e. The molecule has 1 N–H and O–H groups in total. The van der Waals surface area contributed by atoms with Crippen LogP contribution in [0.25, 0.3) is 0 Å². The number of esters is 1. The molecule has 1 rings (SSSR count). The van der Waals surface area contributed by atoms with Crippen molar-refractivity contribution in [3.63, 3.8) is 0 Å². The van der Waals surface area contributed by atoms with Gasteiger partial charge in [0.25, 0.3) is 12.5 Å². The molecule has 9 heteroatoms. The van der Waals surface area contributed by atoms with Gasteiger partial charge in [0, 0.05) is 0 Å². The summed E-state index contributed by atoms with van der Waals surface area (Å²) >= 11 is 0. The Balaban J connectivity index is 2.79. The predicted molar refractivity (Wildman–Crippen MR) is 55.0 cm³/mol.